The third-order valence-corrected chi connectivity index (χ3v) is 5.02. The topological polar surface area (TPSA) is 58.6 Å². The van der Waals surface area contributed by atoms with Crippen LogP contribution in [-0.2, 0) is 16.1 Å². The van der Waals surface area contributed by atoms with E-state index in [1.54, 1.807) is 29.2 Å². The van der Waals surface area contributed by atoms with E-state index in [0.717, 1.165) is 11.1 Å². The van der Waals surface area contributed by atoms with E-state index in [2.05, 4.69) is 5.32 Å². The fourth-order valence-electron chi connectivity index (χ4n) is 3.08. The Labute approximate surface area is 162 Å². The lowest BCUT2D eigenvalue weighted by atomic mass is 10.1. The number of carbonyl (C=O) groups excluding carboxylic acids is 2. The van der Waals surface area contributed by atoms with Crippen molar-refractivity contribution in [2.75, 3.05) is 19.0 Å². The zero-order chi connectivity index (χ0) is 19.6. The fourth-order valence-corrected chi connectivity index (χ4v) is 3.23. The number of amides is 2. The first-order chi connectivity index (χ1) is 12.9. The molecule has 0 aromatic heterocycles. The number of ether oxygens (including phenoxy) is 1. The third-order valence-electron chi connectivity index (χ3n) is 4.61. The Morgan fingerprint density at radius 3 is 2.70 bits per heavy atom. The number of anilines is 1. The highest BCUT2D eigenvalue weighted by Crippen LogP contribution is 2.32. The highest BCUT2D eigenvalue weighted by Gasteiger charge is 2.34. The summed E-state index contributed by atoms with van der Waals surface area (Å²) in [5.41, 5.74) is 2.16. The molecule has 1 saturated heterocycles. The van der Waals surface area contributed by atoms with Crippen LogP contribution in [0.1, 0.15) is 17.5 Å². The van der Waals surface area contributed by atoms with Crippen LogP contribution in [0.2, 0.25) is 5.02 Å². The number of hydrogen-bond donors (Lipinski definition) is 1. The van der Waals surface area contributed by atoms with Crippen molar-refractivity contribution in [1.29, 1.82) is 0 Å². The van der Waals surface area contributed by atoms with Gasteiger partial charge in [-0.1, -0.05) is 23.7 Å². The van der Waals surface area contributed by atoms with Gasteiger partial charge in [-0.2, -0.15) is 0 Å². The average molecular weight is 391 g/mol. The molecular weight excluding hydrogens is 371 g/mol. The van der Waals surface area contributed by atoms with E-state index in [-0.39, 0.29) is 24.1 Å². The monoisotopic (exact) mass is 390 g/mol. The van der Waals surface area contributed by atoms with Crippen molar-refractivity contribution in [3.8, 4) is 5.75 Å². The molecule has 1 aliphatic rings. The van der Waals surface area contributed by atoms with Gasteiger partial charge in [-0.25, -0.2) is 4.39 Å². The zero-order valence-electron chi connectivity index (χ0n) is 15.1. The van der Waals surface area contributed by atoms with Gasteiger partial charge in [0.2, 0.25) is 11.8 Å². The van der Waals surface area contributed by atoms with Crippen molar-refractivity contribution in [3.05, 3.63) is 58.4 Å². The number of nitrogens with one attached hydrogen (secondary N) is 1. The van der Waals surface area contributed by atoms with E-state index in [1.165, 1.54) is 19.2 Å². The summed E-state index contributed by atoms with van der Waals surface area (Å²) in [6, 6.07) is 9.37. The first kappa shape index (κ1) is 19.2. The number of nitrogens with zero attached hydrogens (tertiary/aromatic N) is 1. The van der Waals surface area contributed by atoms with Crippen LogP contribution in [0, 0.1) is 18.7 Å². The van der Waals surface area contributed by atoms with Gasteiger partial charge in [0, 0.05) is 30.6 Å². The second kappa shape index (κ2) is 7.96. The van der Waals surface area contributed by atoms with Crippen molar-refractivity contribution in [2.45, 2.75) is 19.9 Å². The molecule has 1 unspecified atom stereocenters. The number of halogens is 2. The first-order valence-electron chi connectivity index (χ1n) is 8.54. The second-order valence-corrected chi connectivity index (χ2v) is 7.00. The van der Waals surface area contributed by atoms with Gasteiger partial charge in [0.1, 0.15) is 11.6 Å². The molecule has 1 aliphatic heterocycles. The maximum Gasteiger partial charge on any atom is 0.229 e. The number of hydrogen-bond acceptors (Lipinski definition) is 3. The Bertz CT molecular complexity index is 870. The lowest BCUT2D eigenvalue weighted by Gasteiger charge is -2.17. The highest BCUT2D eigenvalue weighted by atomic mass is 35.5. The summed E-state index contributed by atoms with van der Waals surface area (Å²) in [6.07, 6.45) is 0.141. The molecule has 2 aromatic carbocycles. The van der Waals surface area contributed by atoms with E-state index in [1.807, 2.05) is 6.92 Å². The van der Waals surface area contributed by atoms with E-state index < -0.39 is 5.92 Å². The van der Waals surface area contributed by atoms with E-state index in [4.69, 9.17) is 16.3 Å². The van der Waals surface area contributed by atoms with E-state index in [0.29, 0.717) is 29.5 Å². The second-order valence-electron chi connectivity index (χ2n) is 6.59. The Hall–Kier alpha value is -2.60. The smallest absolute Gasteiger partial charge is 0.229 e. The quantitative estimate of drug-likeness (QED) is 0.845. The minimum atomic E-state index is -0.460. The van der Waals surface area contributed by atoms with Crippen LogP contribution in [0.3, 0.4) is 0 Å². The number of rotatable bonds is 5. The number of aryl methyl sites for hydroxylation is 1. The van der Waals surface area contributed by atoms with E-state index in [9.17, 15) is 14.0 Å². The van der Waals surface area contributed by atoms with Crippen molar-refractivity contribution in [1.82, 2.24) is 4.90 Å². The number of benzene rings is 2. The van der Waals surface area contributed by atoms with E-state index >= 15 is 0 Å². The Morgan fingerprint density at radius 1 is 1.33 bits per heavy atom. The third kappa shape index (κ3) is 4.39. The lowest BCUT2D eigenvalue weighted by Crippen LogP contribution is -2.28. The predicted molar refractivity (Wildman–Crippen MR) is 101 cm³/mol. The largest absolute Gasteiger partial charge is 0.495 e. The first-order valence-corrected chi connectivity index (χ1v) is 8.92. The van der Waals surface area contributed by atoms with Crippen LogP contribution in [0.4, 0.5) is 10.1 Å². The molecule has 0 spiro atoms. The Morgan fingerprint density at radius 2 is 2.04 bits per heavy atom. The molecule has 3 rings (SSSR count). The summed E-state index contributed by atoms with van der Waals surface area (Å²) in [4.78, 5) is 26.5. The van der Waals surface area contributed by atoms with Crippen LogP contribution < -0.4 is 10.1 Å². The van der Waals surface area contributed by atoms with Gasteiger partial charge in [0.25, 0.3) is 0 Å². The van der Waals surface area contributed by atoms with Gasteiger partial charge in [-0.3, -0.25) is 9.59 Å². The molecule has 1 N–H and O–H groups in total. The van der Waals surface area contributed by atoms with Crippen LogP contribution >= 0.6 is 11.6 Å². The number of methoxy groups -OCH3 is 1. The van der Waals surface area contributed by atoms with Crippen LogP contribution in [-0.4, -0.2) is 30.4 Å². The molecule has 2 amide bonds. The normalized spacial score (nSPS) is 16.5. The van der Waals surface area contributed by atoms with Gasteiger partial charge in [0.15, 0.2) is 0 Å². The van der Waals surface area contributed by atoms with Gasteiger partial charge < -0.3 is 15.0 Å². The summed E-state index contributed by atoms with van der Waals surface area (Å²) in [6.45, 7) is 2.50. The summed E-state index contributed by atoms with van der Waals surface area (Å²) in [7, 11) is 1.50. The van der Waals surface area contributed by atoms with Crippen molar-refractivity contribution >= 4 is 29.1 Å². The molecular formula is C20H20ClFN2O3. The minimum Gasteiger partial charge on any atom is -0.495 e. The number of carbonyl (C=O) groups is 2. The predicted octanol–water partition coefficient (Wildman–Crippen LogP) is 3.78. The molecule has 0 saturated carbocycles. The molecule has 7 heteroatoms. The molecule has 1 atom stereocenters. The SMILES string of the molecule is COc1cc(Cl)c(C)cc1NC(=O)C1CC(=O)N(Cc2ccc(F)cc2)C1. The summed E-state index contributed by atoms with van der Waals surface area (Å²) in [5.74, 6) is -0.662. The minimum absolute atomic E-state index is 0.0984. The van der Waals surface area contributed by atoms with Crippen LogP contribution in [0.25, 0.3) is 0 Å². The molecule has 142 valence electrons. The van der Waals surface area contributed by atoms with Crippen molar-refractivity contribution in [3.63, 3.8) is 0 Å². The molecule has 0 aliphatic carbocycles. The standard InChI is InChI=1S/C20H20ClFN2O3/c1-12-7-17(18(27-2)9-16(12)21)23-20(26)14-8-19(25)24(11-14)10-13-3-5-15(22)6-4-13/h3-7,9,14H,8,10-11H2,1-2H3,(H,23,26). The fraction of sp³-hybridized carbons (Fsp3) is 0.300. The van der Waals surface area contributed by atoms with Crippen molar-refractivity contribution < 1.29 is 18.7 Å². The molecule has 1 fully saturated rings. The number of likely N-dealkylation sites (tertiary alicyclic amines) is 1. The van der Waals surface area contributed by atoms with Gasteiger partial charge in [-0.05, 0) is 36.2 Å². The summed E-state index contributed by atoms with van der Waals surface area (Å²) < 4.78 is 18.3. The Balaban J connectivity index is 1.67. The summed E-state index contributed by atoms with van der Waals surface area (Å²) in [5, 5.41) is 3.38. The maximum atomic E-state index is 13.0. The highest BCUT2D eigenvalue weighted by molar-refractivity contribution is 6.31. The molecule has 1 heterocycles. The van der Waals surface area contributed by atoms with Gasteiger partial charge in [-0.15, -0.1) is 0 Å². The lowest BCUT2D eigenvalue weighted by molar-refractivity contribution is -0.128. The summed E-state index contributed by atoms with van der Waals surface area (Å²) >= 11 is 6.09. The van der Waals surface area contributed by atoms with Crippen molar-refractivity contribution in [2.24, 2.45) is 5.92 Å². The average Bonchev–Trinajstić information content (AvgIpc) is 3.00. The van der Waals surface area contributed by atoms with Gasteiger partial charge in [0.05, 0.1) is 18.7 Å². The maximum absolute atomic E-state index is 13.0. The molecule has 5 nitrogen and oxygen atoms in total. The molecule has 27 heavy (non-hydrogen) atoms. The molecule has 2 aromatic rings. The van der Waals surface area contributed by atoms with Crippen LogP contribution in [0.5, 0.6) is 5.75 Å². The zero-order valence-corrected chi connectivity index (χ0v) is 15.8. The molecule has 0 radical (unpaired) electrons. The van der Waals surface area contributed by atoms with Gasteiger partial charge >= 0.3 is 0 Å². The molecule has 0 bridgehead atoms. The Kier molecular flexibility index (Phi) is 5.65. The van der Waals surface area contributed by atoms with Crippen LogP contribution in [0.15, 0.2) is 36.4 Å².